The summed E-state index contributed by atoms with van der Waals surface area (Å²) < 4.78 is 38.5. The summed E-state index contributed by atoms with van der Waals surface area (Å²) >= 11 is 5.85. The molecule has 0 aliphatic carbocycles. The lowest BCUT2D eigenvalue weighted by Crippen LogP contribution is -2.15. The molecule has 0 fully saturated rings. The summed E-state index contributed by atoms with van der Waals surface area (Å²) in [5, 5.41) is 21.1. The van der Waals surface area contributed by atoms with Gasteiger partial charge in [-0.15, -0.1) is 0 Å². The largest absolute Gasteiger partial charge is 0.507 e. The number of nitrogens with zero attached hydrogens (tertiary/aromatic N) is 1. The number of hydrogen-bond donors (Lipinski definition) is 2. The molecule has 2 rings (SSSR count). The van der Waals surface area contributed by atoms with E-state index in [0.717, 1.165) is 12.1 Å². The number of nitrogens with one attached hydrogen (secondary N) is 1. The number of hydrogen-bond acceptors (Lipinski definition) is 3. The van der Waals surface area contributed by atoms with Gasteiger partial charge in [-0.2, -0.15) is 18.4 Å². The second-order valence-electron chi connectivity index (χ2n) is 5.82. The Bertz CT molecular complexity index is 953. The minimum atomic E-state index is -4.60. The quantitative estimate of drug-likeness (QED) is 0.553. The van der Waals surface area contributed by atoms with E-state index in [1.807, 2.05) is 0 Å². The monoisotopic (exact) mass is 394 g/mol. The predicted octanol–water partition coefficient (Wildman–Crippen LogP) is 5.23. The summed E-state index contributed by atoms with van der Waals surface area (Å²) in [5.74, 6) is -0.798. The van der Waals surface area contributed by atoms with Crippen molar-refractivity contribution in [3.05, 3.63) is 63.2 Å². The van der Waals surface area contributed by atoms with Crippen molar-refractivity contribution in [1.29, 1.82) is 5.26 Å². The Morgan fingerprint density at radius 2 is 1.81 bits per heavy atom. The zero-order valence-electron chi connectivity index (χ0n) is 14.3. The first-order valence-corrected chi connectivity index (χ1v) is 8.01. The predicted molar refractivity (Wildman–Crippen MR) is 96.3 cm³/mol. The van der Waals surface area contributed by atoms with Gasteiger partial charge in [0.05, 0.1) is 16.3 Å². The van der Waals surface area contributed by atoms with Crippen LogP contribution in [0.4, 0.5) is 18.9 Å². The van der Waals surface area contributed by atoms with E-state index in [4.69, 9.17) is 11.6 Å². The molecular weight excluding hydrogens is 381 g/mol. The van der Waals surface area contributed by atoms with E-state index in [9.17, 15) is 28.3 Å². The van der Waals surface area contributed by atoms with Crippen molar-refractivity contribution in [2.75, 3.05) is 5.32 Å². The first-order chi connectivity index (χ1) is 12.5. The number of phenolic OH excluding ortho intramolecular Hbond substituents is 1. The fraction of sp³-hybridized carbons (Fsp3) is 0.158. The number of aryl methyl sites for hydroxylation is 2. The van der Waals surface area contributed by atoms with Gasteiger partial charge in [-0.3, -0.25) is 4.79 Å². The Morgan fingerprint density at radius 3 is 2.33 bits per heavy atom. The normalized spacial score (nSPS) is 11.8. The molecule has 0 atom stereocenters. The van der Waals surface area contributed by atoms with Gasteiger partial charge in [-0.1, -0.05) is 11.6 Å². The molecule has 0 aliphatic rings. The van der Waals surface area contributed by atoms with Crippen LogP contribution in [0.2, 0.25) is 5.02 Å². The fourth-order valence-electron chi connectivity index (χ4n) is 2.38. The standard InChI is InChI=1S/C19H14ClF3N2O2/c1-10-5-12(6-11(2)17(10)26)7-13(9-24)18(27)25-16-8-14(19(21,22)23)3-4-15(16)20/h3-8,26H,1-2H3,(H,25,27)/b13-7+. The highest BCUT2D eigenvalue weighted by molar-refractivity contribution is 6.34. The van der Waals surface area contributed by atoms with E-state index in [2.05, 4.69) is 5.32 Å². The summed E-state index contributed by atoms with van der Waals surface area (Å²) in [4.78, 5) is 12.3. The van der Waals surface area contributed by atoms with Gasteiger partial charge in [0.15, 0.2) is 0 Å². The number of aromatic hydroxyl groups is 1. The number of amides is 1. The molecule has 140 valence electrons. The fourth-order valence-corrected chi connectivity index (χ4v) is 2.54. The summed E-state index contributed by atoms with van der Waals surface area (Å²) in [7, 11) is 0. The highest BCUT2D eigenvalue weighted by Gasteiger charge is 2.31. The van der Waals surface area contributed by atoms with Crippen LogP contribution >= 0.6 is 11.6 Å². The molecule has 0 heterocycles. The maximum atomic E-state index is 12.8. The molecule has 1 amide bonds. The van der Waals surface area contributed by atoms with Gasteiger partial charge in [-0.05, 0) is 66.9 Å². The molecule has 4 nitrogen and oxygen atoms in total. The number of nitriles is 1. The average Bonchev–Trinajstić information content (AvgIpc) is 2.58. The number of phenols is 1. The van der Waals surface area contributed by atoms with Crippen LogP contribution in [0.5, 0.6) is 5.75 Å². The van der Waals surface area contributed by atoms with Crippen molar-refractivity contribution in [2.24, 2.45) is 0 Å². The van der Waals surface area contributed by atoms with Crippen LogP contribution in [0.1, 0.15) is 22.3 Å². The molecule has 0 spiro atoms. The minimum absolute atomic E-state index is 0.0926. The summed E-state index contributed by atoms with van der Waals surface area (Å²) in [6.07, 6.45) is -3.32. The first-order valence-electron chi connectivity index (χ1n) is 7.63. The van der Waals surface area contributed by atoms with E-state index < -0.39 is 17.6 Å². The van der Waals surface area contributed by atoms with Gasteiger partial charge in [0.2, 0.25) is 0 Å². The molecule has 0 radical (unpaired) electrons. The maximum absolute atomic E-state index is 12.8. The third kappa shape index (κ3) is 4.80. The molecule has 0 aliphatic heterocycles. The zero-order chi connectivity index (χ0) is 20.4. The number of carbonyl (C=O) groups excluding carboxylic acids is 1. The van der Waals surface area contributed by atoms with Crippen LogP contribution in [0, 0.1) is 25.2 Å². The van der Waals surface area contributed by atoms with Crippen molar-refractivity contribution in [1.82, 2.24) is 0 Å². The molecule has 0 unspecified atom stereocenters. The number of anilines is 1. The smallest absolute Gasteiger partial charge is 0.416 e. The number of benzene rings is 2. The molecule has 0 bridgehead atoms. The van der Waals surface area contributed by atoms with Crippen LogP contribution in [0.15, 0.2) is 35.9 Å². The average molecular weight is 395 g/mol. The lowest BCUT2D eigenvalue weighted by atomic mass is 10.0. The molecule has 27 heavy (non-hydrogen) atoms. The Kier molecular flexibility index (Phi) is 5.82. The first kappa shape index (κ1) is 20.3. The van der Waals surface area contributed by atoms with Crippen LogP contribution in [0.3, 0.4) is 0 Å². The third-order valence-corrected chi connectivity index (χ3v) is 4.06. The van der Waals surface area contributed by atoms with Crippen molar-refractivity contribution >= 4 is 29.3 Å². The second-order valence-corrected chi connectivity index (χ2v) is 6.23. The van der Waals surface area contributed by atoms with Gasteiger partial charge in [-0.25, -0.2) is 0 Å². The highest BCUT2D eigenvalue weighted by Crippen LogP contribution is 2.34. The SMILES string of the molecule is Cc1cc(/C=C(\C#N)C(=O)Nc2cc(C(F)(F)F)ccc2Cl)cc(C)c1O. The van der Waals surface area contributed by atoms with Crippen molar-refractivity contribution in [3.63, 3.8) is 0 Å². The summed E-state index contributed by atoms with van der Waals surface area (Å²) in [6.45, 7) is 3.32. The van der Waals surface area contributed by atoms with Gasteiger partial charge in [0.1, 0.15) is 17.4 Å². The molecule has 0 saturated carbocycles. The molecule has 2 N–H and O–H groups in total. The molecule has 2 aromatic carbocycles. The molecular formula is C19H14ClF3N2O2. The van der Waals surface area contributed by atoms with Crippen LogP contribution in [-0.2, 0) is 11.0 Å². The van der Waals surface area contributed by atoms with Gasteiger partial charge < -0.3 is 10.4 Å². The Morgan fingerprint density at radius 1 is 1.22 bits per heavy atom. The van der Waals surface area contributed by atoms with Crippen molar-refractivity contribution in [2.45, 2.75) is 20.0 Å². The van der Waals surface area contributed by atoms with E-state index in [1.165, 1.54) is 6.08 Å². The number of halogens is 4. The number of alkyl halides is 3. The van der Waals surface area contributed by atoms with Crippen molar-refractivity contribution in [3.8, 4) is 11.8 Å². The van der Waals surface area contributed by atoms with E-state index in [-0.39, 0.29) is 22.0 Å². The van der Waals surface area contributed by atoms with Crippen molar-refractivity contribution < 1.29 is 23.1 Å². The Balaban J connectivity index is 2.35. The van der Waals surface area contributed by atoms with E-state index in [1.54, 1.807) is 32.0 Å². The van der Waals surface area contributed by atoms with E-state index >= 15 is 0 Å². The highest BCUT2D eigenvalue weighted by atomic mass is 35.5. The van der Waals surface area contributed by atoms with Gasteiger partial charge >= 0.3 is 6.18 Å². The Hall–Kier alpha value is -2.98. The second kappa shape index (κ2) is 7.72. The van der Waals surface area contributed by atoms with Crippen LogP contribution in [-0.4, -0.2) is 11.0 Å². The van der Waals surface area contributed by atoms with E-state index in [0.29, 0.717) is 22.8 Å². The van der Waals surface area contributed by atoms with Crippen LogP contribution in [0.25, 0.3) is 6.08 Å². The number of carbonyl (C=O) groups is 1. The minimum Gasteiger partial charge on any atom is -0.507 e. The molecule has 0 aromatic heterocycles. The van der Waals surface area contributed by atoms with Crippen LogP contribution < -0.4 is 5.32 Å². The topological polar surface area (TPSA) is 73.1 Å². The third-order valence-electron chi connectivity index (χ3n) is 3.73. The van der Waals surface area contributed by atoms with Gasteiger partial charge in [0, 0.05) is 0 Å². The number of rotatable bonds is 3. The Labute approximate surface area is 158 Å². The van der Waals surface area contributed by atoms with Gasteiger partial charge in [0.25, 0.3) is 5.91 Å². The lowest BCUT2D eigenvalue weighted by molar-refractivity contribution is -0.137. The zero-order valence-corrected chi connectivity index (χ0v) is 15.0. The summed E-state index contributed by atoms with van der Waals surface area (Å²) in [6, 6.07) is 7.36. The molecule has 2 aromatic rings. The molecule has 8 heteroatoms. The molecule has 0 saturated heterocycles. The maximum Gasteiger partial charge on any atom is 0.416 e. The lowest BCUT2D eigenvalue weighted by Gasteiger charge is -2.11. The summed E-state index contributed by atoms with van der Waals surface area (Å²) in [5.41, 5.74) is 0.0440.